The van der Waals surface area contributed by atoms with E-state index < -0.39 is 18.1 Å². The molecule has 134 valence electrons. The molecule has 24 heavy (non-hydrogen) atoms. The molecule has 1 atom stereocenters. The van der Waals surface area contributed by atoms with E-state index in [0.29, 0.717) is 0 Å². The van der Waals surface area contributed by atoms with Gasteiger partial charge in [0.05, 0.1) is 0 Å². The predicted octanol–water partition coefficient (Wildman–Crippen LogP) is 3.98. The van der Waals surface area contributed by atoms with Crippen molar-refractivity contribution in [1.29, 1.82) is 0 Å². The average molecular weight is 335 g/mol. The van der Waals surface area contributed by atoms with Crippen molar-refractivity contribution in [3.8, 4) is 0 Å². The zero-order valence-corrected chi connectivity index (χ0v) is 15.7. The zero-order valence-electron chi connectivity index (χ0n) is 15.7. The molecule has 1 rings (SSSR count). The van der Waals surface area contributed by atoms with E-state index in [4.69, 9.17) is 9.84 Å². The van der Waals surface area contributed by atoms with Crippen molar-refractivity contribution in [3.63, 3.8) is 0 Å². The van der Waals surface area contributed by atoms with E-state index in [1.54, 1.807) is 0 Å². The number of benzene rings is 1. The van der Waals surface area contributed by atoms with Crippen molar-refractivity contribution < 1.29 is 19.4 Å². The van der Waals surface area contributed by atoms with Crippen LogP contribution in [0.25, 0.3) is 0 Å². The fraction of sp³-hybridized carbons (Fsp3) is 0.579. The number of aliphatic carboxylic acids is 1. The fourth-order valence-corrected chi connectivity index (χ4v) is 2.07. The number of hydrogen-bond acceptors (Lipinski definition) is 3. The first-order chi connectivity index (χ1) is 10.8. The molecule has 0 saturated carbocycles. The van der Waals surface area contributed by atoms with Gasteiger partial charge < -0.3 is 15.2 Å². The number of ether oxygens (including phenoxy) is 1. The van der Waals surface area contributed by atoms with Crippen molar-refractivity contribution in [1.82, 2.24) is 5.32 Å². The molecule has 1 aromatic carbocycles. The molecule has 0 aromatic heterocycles. The molecule has 0 aliphatic heterocycles. The Hall–Kier alpha value is -2.04. The minimum atomic E-state index is -1.10. The number of carbonyl (C=O) groups excluding carboxylic acids is 1. The molecule has 0 aliphatic rings. The predicted molar refractivity (Wildman–Crippen MR) is 94.3 cm³/mol. The number of hydrogen-bond donors (Lipinski definition) is 2. The van der Waals surface area contributed by atoms with Gasteiger partial charge in [0.15, 0.2) is 0 Å². The van der Waals surface area contributed by atoms with E-state index in [0.717, 1.165) is 5.56 Å². The topological polar surface area (TPSA) is 75.6 Å². The monoisotopic (exact) mass is 335 g/mol. The highest BCUT2D eigenvalue weighted by Gasteiger charge is 2.21. The summed E-state index contributed by atoms with van der Waals surface area (Å²) in [6.07, 6.45) is -0.733. The summed E-state index contributed by atoms with van der Waals surface area (Å²) < 4.78 is 5.17. The van der Waals surface area contributed by atoms with Gasteiger partial charge in [0.25, 0.3) is 0 Å². The van der Waals surface area contributed by atoms with Crippen LogP contribution in [0, 0.1) is 0 Å². The van der Waals surface area contributed by atoms with Gasteiger partial charge in [0.2, 0.25) is 0 Å². The third-order valence-electron chi connectivity index (χ3n) is 3.80. The quantitative estimate of drug-likeness (QED) is 0.872. The van der Waals surface area contributed by atoms with Gasteiger partial charge in [-0.3, -0.25) is 4.79 Å². The van der Waals surface area contributed by atoms with Crippen LogP contribution in [0.5, 0.6) is 0 Å². The van der Waals surface area contributed by atoms with E-state index in [2.05, 4.69) is 52.9 Å². The SMILES string of the molecule is C[C@H](NC(=O)OCc1cc(C(C)(C)C)cc(C(C)(C)C)c1)C(=O)O. The minimum absolute atomic E-state index is 0.0178. The van der Waals surface area contributed by atoms with Gasteiger partial charge in [-0.1, -0.05) is 59.7 Å². The van der Waals surface area contributed by atoms with Crippen LogP contribution in [0.1, 0.15) is 65.2 Å². The standard InChI is InChI=1S/C19H29NO4/c1-12(16(21)22)20-17(23)24-11-13-8-14(18(2,3)4)10-15(9-13)19(5,6)7/h8-10,12H,11H2,1-7H3,(H,20,23)(H,21,22)/t12-/m0/s1. The third-order valence-corrected chi connectivity index (χ3v) is 3.80. The number of carboxylic acid groups (broad SMARTS) is 1. The minimum Gasteiger partial charge on any atom is -0.480 e. The Balaban J connectivity index is 2.95. The van der Waals surface area contributed by atoms with Crippen molar-refractivity contribution in [2.75, 3.05) is 0 Å². The summed E-state index contributed by atoms with van der Waals surface area (Å²) in [5.41, 5.74) is 3.21. The van der Waals surface area contributed by atoms with Gasteiger partial charge >= 0.3 is 12.1 Å². The maximum absolute atomic E-state index is 11.7. The highest BCUT2D eigenvalue weighted by molar-refractivity contribution is 5.79. The maximum Gasteiger partial charge on any atom is 0.408 e. The van der Waals surface area contributed by atoms with Gasteiger partial charge in [-0.05, 0) is 34.4 Å². The zero-order chi connectivity index (χ0) is 18.7. The van der Waals surface area contributed by atoms with Gasteiger partial charge in [-0.2, -0.15) is 0 Å². The normalized spacial score (nSPS) is 13.3. The Kier molecular flexibility index (Phi) is 6.04. The van der Waals surface area contributed by atoms with Crippen LogP contribution in [-0.2, 0) is 27.0 Å². The lowest BCUT2D eigenvalue weighted by molar-refractivity contribution is -0.138. The Labute approximate surface area is 144 Å². The van der Waals surface area contributed by atoms with Crippen molar-refractivity contribution >= 4 is 12.1 Å². The van der Waals surface area contributed by atoms with Crippen LogP contribution in [0.15, 0.2) is 18.2 Å². The van der Waals surface area contributed by atoms with Gasteiger partial charge in [-0.15, -0.1) is 0 Å². The van der Waals surface area contributed by atoms with Crippen molar-refractivity contribution in [2.24, 2.45) is 0 Å². The molecule has 0 bridgehead atoms. The Morgan fingerprint density at radius 3 is 1.88 bits per heavy atom. The molecular formula is C19H29NO4. The van der Waals surface area contributed by atoms with Gasteiger partial charge in [0, 0.05) is 0 Å². The number of alkyl carbamates (subject to hydrolysis) is 1. The Bertz CT molecular complexity index is 577. The van der Waals surface area contributed by atoms with E-state index >= 15 is 0 Å². The number of amides is 1. The number of nitrogens with one attached hydrogen (secondary N) is 1. The summed E-state index contributed by atoms with van der Waals surface area (Å²) in [6.45, 7) is 14.3. The molecule has 0 saturated heterocycles. The first kappa shape index (κ1) is 20.0. The molecule has 5 heteroatoms. The number of carbonyl (C=O) groups is 2. The summed E-state index contributed by atoms with van der Waals surface area (Å²) in [7, 11) is 0. The lowest BCUT2D eigenvalue weighted by Crippen LogP contribution is -2.38. The van der Waals surface area contributed by atoms with Crippen molar-refractivity contribution in [3.05, 3.63) is 34.9 Å². The van der Waals surface area contributed by atoms with Gasteiger partial charge in [0.1, 0.15) is 12.6 Å². The smallest absolute Gasteiger partial charge is 0.408 e. The summed E-state index contributed by atoms with van der Waals surface area (Å²) in [4.78, 5) is 22.4. The molecule has 0 unspecified atom stereocenters. The van der Waals surface area contributed by atoms with E-state index in [-0.39, 0.29) is 17.4 Å². The molecule has 0 aliphatic carbocycles. The molecule has 0 fully saturated rings. The second kappa shape index (κ2) is 7.24. The van der Waals surface area contributed by atoms with E-state index in [1.165, 1.54) is 18.1 Å². The van der Waals surface area contributed by atoms with E-state index in [1.807, 2.05) is 12.1 Å². The van der Waals surface area contributed by atoms with Crippen LogP contribution in [0.2, 0.25) is 0 Å². The number of carboxylic acids is 1. The molecule has 0 spiro atoms. The van der Waals surface area contributed by atoms with Crippen molar-refractivity contribution in [2.45, 2.75) is 71.9 Å². The molecule has 2 N–H and O–H groups in total. The van der Waals surface area contributed by atoms with Gasteiger partial charge in [-0.25, -0.2) is 4.79 Å². The Morgan fingerprint density at radius 1 is 1.04 bits per heavy atom. The highest BCUT2D eigenvalue weighted by atomic mass is 16.5. The first-order valence-corrected chi connectivity index (χ1v) is 8.11. The fourth-order valence-electron chi connectivity index (χ4n) is 2.07. The Morgan fingerprint density at radius 2 is 1.50 bits per heavy atom. The second-order valence-corrected chi connectivity index (χ2v) is 8.20. The second-order valence-electron chi connectivity index (χ2n) is 8.20. The molecule has 0 heterocycles. The summed E-state index contributed by atoms with van der Waals surface area (Å²) >= 11 is 0. The lowest BCUT2D eigenvalue weighted by atomic mass is 9.79. The van der Waals surface area contributed by atoms with Crippen LogP contribution in [-0.4, -0.2) is 23.2 Å². The first-order valence-electron chi connectivity index (χ1n) is 8.11. The largest absolute Gasteiger partial charge is 0.480 e. The van der Waals surface area contributed by atoms with Crippen LogP contribution >= 0.6 is 0 Å². The van der Waals surface area contributed by atoms with Crippen LogP contribution in [0.4, 0.5) is 4.79 Å². The van der Waals surface area contributed by atoms with Crippen LogP contribution in [0.3, 0.4) is 0 Å². The molecular weight excluding hydrogens is 306 g/mol. The highest BCUT2D eigenvalue weighted by Crippen LogP contribution is 2.30. The third kappa shape index (κ3) is 5.87. The molecule has 5 nitrogen and oxygen atoms in total. The average Bonchev–Trinajstić information content (AvgIpc) is 2.42. The lowest BCUT2D eigenvalue weighted by Gasteiger charge is -2.26. The molecule has 1 amide bonds. The number of rotatable bonds is 4. The summed E-state index contributed by atoms with van der Waals surface area (Å²) in [5, 5.41) is 11.1. The van der Waals surface area contributed by atoms with Crippen LogP contribution < -0.4 is 5.32 Å². The van der Waals surface area contributed by atoms with E-state index in [9.17, 15) is 9.59 Å². The molecule has 0 radical (unpaired) electrons. The maximum atomic E-state index is 11.7. The molecule has 1 aromatic rings. The summed E-state index contributed by atoms with van der Waals surface area (Å²) in [6, 6.07) is 5.27. The summed E-state index contributed by atoms with van der Waals surface area (Å²) in [5.74, 6) is -1.10.